The predicted molar refractivity (Wildman–Crippen MR) is 123 cm³/mol. The number of nitrogens with one attached hydrogen (secondary N) is 1. The molecule has 3 rings (SSSR count). The van der Waals surface area contributed by atoms with Gasteiger partial charge in [-0.2, -0.15) is 5.26 Å². The van der Waals surface area contributed by atoms with Gasteiger partial charge < -0.3 is 10.1 Å². The van der Waals surface area contributed by atoms with Crippen molar-refractivity contribution in [2.75, 3.05) is 5.32 Å². The molecule has 0 fully saturated rings. The van der Waals surface area contributed by atoms with Crippen LogP contribution in [-0.4, -0.2) is 5.91 Å². The van der Waals surface area contributed by atoms with E-state index in [2.05, 4.69) is 21.2 Å². The van der Waals surface area contributed by atoms with Crippen LogP contribution < -0.4 is 10.1 Å². The molecule has 0 bridgehead atoms. The molecule has 1 N–H and O–H groups in total. The van der Waals surface area contributed by atoms with Crippen molar-refractivity contribution in [3.63, 3.8) is 0 Å². The summed E-state index contributed by atoms with van der Waals surface area (Å²) in [6, 6.07) is 22.9. The van der Waals surface area contributed by atoms with Gasteiger partial charge in [0.15, 0.2) is 0 Å². The zero-order chi connectivity index (χ0) is 21.5. The van der Waals surface area contributed by atoms with E-state index in [1.807, 2.05) is 80.6 Å². The minimum atomic E-state index is -0.438. The molecule has 5 heteroatoms. The van der Waals surface area contributed by atoms with Crippen LogP contribution in [0.2, 0.25) is 0 Å². The van der Waals surface area contributed by atoms with E-state index in [4.69, 9.17) is 4.74 Å². The van der Waals surface area contributed by atoms with Gasteiger partial charge in [0.25, 0.3) is 5.91 Å². The van der Waals surface area contributed by atoms with E-state index in [0.29, 0.717) is 18.0 Å². The molecule has 0 aliphatic carbocycles. The maximum atomic E-state index is 12.6. The summed E-state index contributed by atoms with van der Waals surface area (Å²) in [6.07, 6.45) is 1.56. The number of anilines is 1. The van der Waals surface area contributed by atoms with Gasteiger partial charge >= 0.3 is 0 Å². The summed E-state index contributed by atoms with van der Waals surface area (Å²) in [4.78, 5) is 12.6. The van der Waals surface area contributed by atoms with Crippen LogP contribution in [0.4, 0.5) is 5.69 Å². The standard InChI is InChI=1S/C25H21BrN2O2/c1-17-5-3-8-24(18(17)2)28-25(29)21(15-27)13-20-6-4-7-23(14-20)30-16-19-9-11-22(26)12-10-19/h3-14H,16H2,1-2H3,(H,28,29)/b21-13-. The Morgan fingerprint density at radius 1 is 1.10 bits per heavy atom. The minimum Gasteiger partial charge on any atom is -0.489 e. The van der Waals surface area contributed by atoms with Gasteiger partial charge in [-0.05, 0) is 72.5 Å². The molecule has 0 aromatic heterocycles. The van der Waals surface area contributed by atoms with Crippen molar-refractivity contribution in [3.8, 4) is 11.8 Å². The molecule has 0 unspecified atom stereocenters. The lowest BCUT2D eigenvalue weighted by Gasteiger charge is -2.10. The van der Waals surface area contributed by atoms with Crippen molar-refractivity contribution in [2.45, 2.75) is 20.5 Å². The van der Waals surface area contributed by atoms with Crippen molar-refractivity contribution in [1.29, 1.82) is 5.26 Å². The Bertz CT molecular complexity index is 1130. The molecule has 0 spiro atoms. The Labute approximate surface area is 184 Å². The first-order valence-electron chi connectivity index (χ1n) is 9.43. The first-order chi connectivity index (χ1) is 14.5. The number of hydrogen-bond donors (Lipinski definition) is 1. The molecule has 0 saturated carbocycles. The van der Waals surface area contributed by atoms with Gasteiger partial charge in [0.05, 0.1) is 0 Å². The van der Waals surface area contributed by atoms with Crippen LogP contribution in [0.3, 0.4) is 0 Å². The van der Waals surface area contributed by atoms with E-state index in [-0.39, 0.29) is 5.57 Å². The quantitative estimate of drug-likeness (QED) is 0.352. The van der Waals surface area contributed by atoms with Crippen LogP contribution in [0, 0.1) is 25.2 Å². The molecule has 0 heterocycles. The van der Waals surface area contributed by atoms with E-state index >= 15 is 0 Å². The Kier molecular flexibility index (Phi) is 7.05. The number of nitrogens with zero attached hydrogens (tertiary/aromatic N) is 1. The molecule has 150 valence electrons. The Morgan fingerprint density at radius 2 is 1.83 bits per heavy atom. The first kappa shape index (κ1) is 21.4. The highest BCUT2D eigenvalue weighted by molar-refractivity contribution is 9.10. The van der Waals surface area contributed by atoms with Gasteiger partial charge in [-0.1, -0.05) is 52.3 Å². The van der Waals surface area contributed by atoms with Crippen LogP contribution in [0.25, 0.3) is 6.08 Å². The summed E-state index contributed by atoms with van der Waals surface area (Å²) < 4.78 is 6.86. The smallest absolute Gasteiger partial charge is 0.266 e. The van der Waals surface area contributed by atoms with E-state index in [1.165, 1.54) is 0 Å². The third kappa shape index (κ3) is 5.59. The second-order valence-electron chi connectivity index (χ2n) is 6.86. The van der Waals surface area contributed by atoms with Crippen LogP contribution in [-0.2, 0) is 11.4 Å². The maximum Gasteiger partial charge on any atom is 0.266 e. The average Bonchev–Trinajstić information content (AvgIpc) is 2.75. The largest absolute Gasteiger partial charge is 0.489 e. The Hall–Kier alpha value is -3.36. The van der Waals surface area contributed by atoms with Crippen molar-refractivity contribution < 1.29 is 9.53 Å². The minimum absolute atomic E-state index is 0.0287. The summed E-state index contributed by atoms with van der Waals surface area (Å²) in [7, 11) is 0. The fraction of sp³-hybridized carbons (Fsp3) is 0.120. The molecule has 0 aliphatic heterocycles. The van der Waals surface area contributed by atoms with Crippen molar-refractivity contribution in [3.05, 3.63) is 99.0 Å². The fourth-order valence-corrected chi connectivity index (χ4v) is 3.10. The lowest BCUT2D eigenvalue weighted by Crippen LogP contribution is -2.14. The number of nitriles is 1. The number of halogens is 1. The van der Waals surface area contributed by atoms with E-state index in [1.54, 1.807) is 12.1 Å². The van der Waals surface area contributed by atoms with Gasteiger partial charge in [0.1, 0.15) is 24.0 Å². The summed E-state index contributed by atoms with van der Waals surface area (Å²) >= 11 is 3.41. The number of carbonyl (C=O) groups is 1. The molecular formula is C25H21BrN2O2. The number of aryl methyl sites for hydroxylation is 1. The highest BCUT2D eigenvalue weighted by atomic mass is 79.9. The molecule has 4 nitrogen and oxygen atoms in total. The number of hydrogen-bond acceptors (Lipinski definition) is 3. The molecular weight excluding hydrogens is 440 g/mol. The van der Waals surface area contributed by atoms with E-state index in [9.17, 15) is 10.1 Å². The Morgan fingerprint density at radius 3 is 2.57 bits per heavy atom. The maximum absolute atomic E-state index is 12.6. The SMILES string of the molecule is Cc1cccc(NC(=O)/C(C#N)=C\c2cccc(OCc3ccc(Br)cc3)c2)c1C. The Balaban J connectivity index is 1.73. The number of rotatable bonds is 6. The van der Waals surface area contributed by atoms with Crippen LogP contribution >= 0.6 is 15.9 Å². The molecule has 30 heavy (non-hydrogen) atoms. The van der Waals surface area contributed by atoms with Crippen LogP contribution in [0.15, 0.2) is 76.8 Å². The van der Waals surface area contributed by atoms with Crippen molar-refractivity contribution >= 4 is 33.6 Å². The number of benzene rings is 3. The zero-order valence-corrected chi connectivity index (χ0v) is 18.4. The average molecular weight is 461 g/mol. The third-order valence-electron chi connectivity index (χ3n) is 4.71. The van der Waals surface area contributed by atoms with Crippen LogP contribution in [0.1, 0.15) is 22.3 Å². The van der Waals surface area contributed by atoms with Crippen molar-refractivity contribution in [1.82, 2.24) is 0 Å². The third-order valence-corrected chi connectivity index (χ3v) is 5.23. The number of ether oxygens (including phenoxy) is 1. The summed E-state index contributed by atoms with van der Waals surface area (Å²) in [6.45, 7) is 4.34. The lowest BCUT2D eigenvalue weighted by molar-refractivity contribution is -0.112. The van der Waals surface area contributed by atoms with Crippen molar-refractivity contribution in [2.24, 2.45) is 0 Å². The second-order valence-corrected chi connectivity index (χ2v) is 7.77. The first-order valence-corrected chi connectivity index (χ1v) is 10.2. The van der Waals surface area contributed by atoms with E-state index < -0.39 is 5.91 Å². The normalized spacial score (nSPS) is 10.9. The predicted octanol–water partition coefficient (Wildman–Crippen LogP) is 6.19. The fourth-order valence-electron chi connectivity index (χ4n) is 2.83. The molecule has 0 saturated heterocycles. The topological polar surface area (TPSA) is 62.1 Å². The zero-order valence-electron chi connectivity index (χ0n) is 16.8. The number of amides is 1. The summed E-state index contributed by atoms with van der Waals surface area (Å²) in [5.74, 6) is 0.228. The number of carbonyl (C=O) groups excluding carboxylic acids is 1. The van der Waals surface area contributed by atoms with Gasteiger partial charge in [-0.3, -0.25) is 4.79 Å². The molecule has 1 amide bonds. The summed E-state index contributed by atoms with van der Waals surface area (Å²) in [5.41, 5.74) is 4.55. The van der Waals surface area contributed by atoms with Gasteiger partial charge in [-0.25, -0.2) is 0 Å². The lowest BCUT2D eigenvalue weighted by atomic mass is 10.1. The highest BCUT2D eigenvalue weighted by Gasteiger charge is 2.11. The molecule has 3 aromatic carbocycles. The highest BCUT2D eigenvalue weighted by Crippen LogP contribution is 2.21. The van der Waals surface area contributed by atoms with Gasteiger partial charge in [0, 0.05) is 10.2 Å². The molecule has 0 aliphatic rings. The second kappa shape index (κ2) is 9.91. The molecule has 3 aromatic rings. The molecule has 0 atom stereocenters. The van der Waals surface area contributed by atoms with Gasteiger partial charge in [0.2, 0.25) is 0 Å². The van der Waals surface area contributed by atoms with Crippen LogP contribution in [0.5, 0.6) is 5.75 Å². The van der Waals surface area contributed by atoms with Gasteiger partial charge in [-0.15, -0.1) is 0 Å². The summed E-state index contributed by atoms with van der Waals surface area (Å²) in [5, 5.41) is 12.3. The molecule has 0 radical (unpaired) electrons. The van der Waals surface area contributed by atoms with E-state index in [0.717, 1.165) is 26.7 Å². The monoisotopic (exact) mass is 460 g/mol.